The van der Waals surface area contributed by atoms with Gasteiger partial charge in [0.05, 0.1) is 14.2 Å². The van der Waals surface area contributed by atoms with Crippen LogP contribution in [0.25, 0.3) is 0 Å². The van der Waals surface area contributed by atoms with Crippen LogP contribution >= 0.6 is 0 Å². The van der Waals surface area contributed by atoms with Gasteiger partial charge in [0.15, 0.2) is 11.5 Å². The number of rotatable bonds is 6. The maximum atomic E-state index is 11.6. The van der Waals surface area contributed by atoms with Crippen molar-refractivity contribution in [1.82, 2.24) is 0 Å². The number of amides is 1. The summed E-state index contributed by atoms with van der Waals surface area (Å²) in [6.45, 7) is 4.29. The Morgan fingerprint density at radius 1 is 1.22 bits per heavy atom. The van der Waals surface area contributed by atoms with Crippen molar-refractivity contribution < 1.29 is 19.0 Å². The van der Waals surface area contributed by atoms with Gasteiger partial charge in [-0.25, -0.2) is 0 Å². The average molecular weight is 253 g/mol. The van der Waals surface area contributed by atoms with Crippen LogP contribution in [0.2, 0.25) is 0 Å². The Kier molecular flexibility index (Phi) is 5.45. The molecule has 0 aliphatic carbocycles. The summed E-state index contributed by atoms with van der Waals surface area (Å²) in [5.74, 6) is 1.03. The summed E-state index contributed by atoms with van der Waals surface area (Å²) >= 11 is 0. The smallest absolute Gasteiger partial charge is 0.250 e. The minimum absolute atomic E-state index is 0.0459. The summed E-state index contributed by atoms with van der Waals surface area (Å²) in [5.41, 5.74) is 1.59. The van der Waals surface area contributed by atoms with E-state index in [0.29, 0.717) is 23.8 Å². The molecule has 18 heavy (non-hydrogen) atoms. The molecule has 0 spiro atoms. The van der Waals surface area contributed by atoms with Crippen LogP contribution in [0.4, 0.5) is 5.69 Å². The molecule has 1 rings (SSSR count). The molecule has 0 saturated carbocycles. The Bertz CT molecular complexity index is 418. The summed E-state index contributed by atoms with van der Waals surface area (Å²) in [7, 11) is 3.13. The van der Waals surface area contributed by atoms with Crippen molar-refractivity contribution in [1.29, 1.82) is 0 Å². The summed E-state index contributed by atoms with van der Waals surface area (Å²) < 4.78 is 15.4. The Morgan fingerprint density at radius 3 is 2.39 bits per heavy atom. The zero-order valence-corrected chi connectivity index (χ0v) is 11.2. The van der Waals surface area contributed by atoms with E-state index in [2.05, 4.69) is 5.32 Å². The molecule has 1 aromatic carbocycles. The van der Waals surface area contributed by atoms with E-state index in [1.54, 1.807) is 20.3 Å². The third kappa shape index (κ3) is 3.63. The maximum absolute atomic E-state index is 11.6. The quantitative estimate of drug-likeness (QED) is 0.842. The summed E-state index contributed by atoms with van der Waals surface area (Å²) in [5, 5.41) is 2.77. The van der Waals surface area contributed by atoms with Crippen LogP contribution in [-0.2, 0) is 9.53 Å². The van der Waals surface area contributed by atoms with Crippen LogP contribution < -0.4 is 14.8 Å². The van der Waals surface area contributed by atoms with Crippen molar-refractivity contribution in [2.24, 2.45) is 0 Å². The van der Waals surface area contributed by atoms with Crippen molar-refractivity contribution in [3.63, 3.8) is 0 Å². The Hall–Kier alpha value is -1.75. The van der Waals surface area contributed by atoms with Gasteiger partial charge in [-0.15, -0.1) is 0 Å². The fourth-order valence-electron chi connectivity index (χ4n) is 1.50. The third-order valence-electron chi connectivity index (χ3n) is 2.44. The Balaban J connectivity index is 2.85. The van der Waals surface area contributed by atoms with Crippen LogP contribution in [0.1, 0.15) is 12.5 Å². The second-order valence-corrected chi connectivity index (χ2v) is 3.71. The normalized spacial score (nSPS) is 10.0. The fourth-order valence-corrected chi connectivity index (χ4v) is 1.50. The molecule has 0 aliphatic heterocycles. The second-order valence-electron chi connectivity index (χ2n) is 3.71. The number of methoxy groups -OCH3 is 2. The molecule has 5 heteroatoms. The highest BCUT2D eigenvalue weighted by atomic mass is 16.5. The number of ether oxygens (including phenoxy) is 3. The molecule has 1 N–H and O–H groups in total. The summed E-state index contributed by atoms with van der Waals surface area (Å²) in [6.07, 6.45) is 0. The lowest BCUT2D eigenvalue weighted by Gasteiger charge is -2.13. The highest BCUT2D eigenvalue weighted by Gasteiger charge is 2.10. The number of hydrogen-bond acceptors (Lipinski definition) is 4. The van der Waals surface area contributed by atoms with Crippen LogP contribution in [0.3, 0.4) is 0 Å². The number of carbonyl (C=O) groups excluding carboxylic acids is 1. The molecule has 0 heterocycles. The largest absolute Gasteiger partial charge is 0.493 e. The molecule has 0 unspecified atom stereocenters. The predicted octanol–water partition coefficient (Wildman–Crippen LogP) is 1.99. The minimum atomic E-state index is -0.188. The molecular formula is C13H19NO4. The first-order valence-corrected chi connectivity index (χ1v) is 5.72. The van der Waals surface area contributed by atoms with Gasteiger partial charge >= 0.3 is 0 Å². The topological polar surface area (TPSA) is 56.8 Å². The van der Waals surface area contributed by atoms with Crippen LogP contribution in [0.5, 0.6) is 11.5 Å². The van der Waals surface area contributed by atoms with Gasteiger partial charge in [0.25, 0.3) is 0 Å². The van der Waals surface area contributed by atoms with E-state index in [4.69, 9.17) is 14.2 Å². The molecule has 1 amide bonds. The van der Waals surface area contributed by atoms with Gasteiger partial charge in [0, 0.05) is 18.4 Å². The van der Waals surface area contributed by atoms with Gasteiger partial charge in [-0.1, -0.05) is 0 Å². The molecule has 0 aliphatic rings. The highest BCUT2D eigenvalue weighted by molar-refractivity contribution is 5.92. The zero-order valence-electron chi connectivity index (χ0n) is 11.2. The van der Waals surface area contributed by atoms with Crippen LogP contribution in [0, 0.1) is 6.92 Å². The molecule has 0 aromatic heterocycles. The predicted molar refractivity (Wildman–Crippen MR) is 69.4 cm³/mol. The lowest BCUT2D eigenvalue weighted by Crippen LogP contribution is -2.18. The lowest BCUT2D eigenvalue weighted by atomic mass is 10.1. The molecule has 5 nitrogen and oxygen atoms in total. The van der Waals surface area contributed by atoms with Gasteiger partial charge in [0.2, 0.25) is 5.91 Å². The third-order valence-corrected chi connectivity index (χ3v) is 2.44. The van der Waals surface area contributed by atoms with Crippen LogP contribution in [0.15, 0.2) is 12.1 Å². The first-order valence-electron chi connectivity index (χ1n) is 5.72. The van der Waals surface area contributed by atoms with Gasteiger partial charge in [-0.05, 0) is 25.5 Å². The maximum Gasteiger partial charge on any atom is 0.250 e. The molecule has 0 radical (unpaired) electrons. The zero-order chi connectivity index (χ0) is 13.5. The monoisotopic (exact) mass is 253 g/mol. The van der Waals surface area contributed by atoms with Crippen LogP contribution in [-0.4, -0.2) is 33.3 Å². The molecule has 100 valence electrons. The summed E-state index contributed by atoms with van der Waals surface area (Å²) in [6, 6.07) is 3.55. The SMILES string of the molecule is CCOCC(=O)Nc1cc(OC)c(OC)cc1C. The number of benzene rings is 1. The lowest BCUT2D eigenvalue weighted by molar-refractivity contribution is -0.120. The van der Waals surface area contributed by atoms with E-state index >= 15 is 0 Å². The van der Waals surface area contributed by atoms with Crippen molar-refractivity contribution in [2.75, 3.05) is 32.8 Å². The number of hydrogen-bond donors (Lipinski definition) is 1. The molecule has 0 atom stereocenters. The van der Waals surface area contributed by atoms with E-state index < -0.39 is 0 Å². The van der Waals surface area contributed by atoms with E-state index in [1.807, 2.05) is 19.9 Å². The van der Waals surface area contributed by atoms with Gasteiger partial charge < -0.3 is 19.5 Å². The van der Waals surface area contributed by atoms with Crippen molar-refractivity contribution in [3.8, 4) is 11.5 Å². The minimum Gasteiger partial charge on any atom is -0.493 e. The Labute approximate surface area is 107 Å². The molecule has 0 fully saturated rings. The van der Waals surface area contributed by atoms with E-state index in [1.165, 1.54) is 0 Å². The molecular weight excluding hydrogens is 234 g/mol. The molecule has 0 saturated heterocycles. The fraction of sp³-hybridized carbons (Fsp3) is 0.462. The van der Waals surface area contributed by atoms with Gasteiger partial charge in [0.1, 0.15) is 6.61 Å². The van der Waals surface area contributed by atoms with Crippen molar-refractivity contribution in [2.45, 2.75) is 13.8 Å². The summed E-state index contributed by atoms with van der Waals surface area (Å²) in [4.78, 5) is 11.6. The molecule has 0 bridgehead atoms. The Morgan fingerprint density at radius 2 is 1.83 bits per heavy atom. The number of nitrogens with one attached hydrogen (secondary N) is 1. The standard InChI is InChI=1S/C13H19NO4/c1-5-18-8-13(15)14-10-7-12(17-4)11(16-3)6-9(10)2/h6-7H,5,8H2,1-4H3,(H,14,15). The first-order chi connectivity index (χ1) is 8.62. The highest BCUT2D eigenvalue weighted by Crippen LogP contribution is 2.32. The van der Waals surface area contributed by atoms with Gasteiger partial charge in [-0.3, -0.25) is 4.79 Å². The second kappa shape index (κ2) is 6.86. The van der Waals surface area contributed by atoms with E-state index in [9.17, 15) is 4.79 Å². The van der Waals surface area contributed by atoms with Gasteiger partial charge in [-0.2, -0.15) is 0 Å². The van der Waals surface area contributed by atoms with Crippen molar-refractivity contribution >= 4 is 11.6 Å². The first kappa shape index (κ1) is 14.3. The van der Waals surface area contributed by atoms with E-state index in [0.717, 1.165) is 5.56 Å². The number of carbonyl (C=O) groups is 1. The average Bonchev–Trinajstić information content (AvgIpc) is 2.38. The number of aryl methyl sites for hydroxylation is 1. The van der Waals surface area contributed by atoms with Crippen molar-refractivity contribution in [3.05, 3.63) is 17.7 Å². The number of anilines is 1. The van der Waals surface area contributed by atoms with E-state index in [-0.39, 0.29) is 12.5 Å². The molecule has 1 aromatic rings.